The van der Waals surface area contributed by atoms with E-state index in [-0.39, 0.29) is 11.8 Å². The van der Waals surface area contributed by atoms with Gasteiger partial charge in [-0.1, -0.05) is 31.3 Å². The Hall–Kier alpha value is -2.71. The normalized spacial score (nSPS) is 13.1. The predicted molar refractivity (Wildman–Crippen MR) is 118 cm³/mol. The Bertz CT molecular complexity index is 946. The number of aromatic nitrogens is 3. The first kappa shape index (κ1) is 21.0. The molecule has 29 heavy (non-hydrogen) atoms. The molecule has 2 atom stereocenters. The molecule has 8 heteroatoms. The zero-order valence-corrected chi connectivity index (χ0v) is 18.0. The molecule has 0 saturated carbocycles. The minimum Gasteiger partial charge on any atom is -0.508 e. The van der Waals surface area contributed by atoms with Crippen molar-refractivity contribution in [1.29, 1.82) is 0 Å². The number of rotatable bonds is 9. The van der Waals surface area contributed by atoms with Crippen LogP contribution in [0.1, 0.15) is 38.8 Å². The van der Waals surface area contributed by atoms with Crippen molar-refractivity contribution < 1.29 is 9.84 Å². The number of nitrogens with one attached hydrogen (secondary N) is 2. The standard InChI is InChI=1S/C21H27N5O2S/c1-5-13(2)18-19(29-21(26-18)23-14(3)12-28-4)17-9-10-22-20(25-17)24-15-7-6-8-16(27)11-15/h6-11,13-14,27H,5,12H2,1-4H3,(H,23,26)(H,22,24,25). The molecular weight excluding hydrogens is 386 g/mol. The molecule has 0 aliphatic carbocycles. The first-order chi connectivity index (χ1) is 14.0. The van der Waals surface area contributed by atoms with Gasteiger partial charge in [-0.2, -0.15) is 0 Å². The number of phenols is 1. The van der Waals surface area contributed by atoms with Gasteiger partial charge in [0.25, 0.3) is 0 Å². The van der Waals surface area contributed by atoms with Gasteiger partial charge in [0.05, 0.1) is 22.9 Å². The SMILES string of the molecule is CCC(C)c1nc(NC(C)COC)sc1-c1ccnc(Nc2cccc(O)c2)n1. The molecule has 0 fully saturated rings. The number of hydrogen-bond donors (Lipinski definition) is 3. The van der Waals surface area contributed by atoms with Crippen LogP contribution >= 0.6 is 11.3 Å². The van der Waals surface area contributed by atoms with Gasteiger partial charge in [-0.05, 0) is 37.5 Å². The van der Waals surface area contributed by atoms with Gasteiger partial charge in [0.15, 0.2) is 5.13 Å². The second kappa shape index (κ2) is 9.67. The fraction of sp³-hybridized carbons (Fsp3) is 0.381. The summed E-state index contributed by atoms with van der Waals surface area (Å²) in [7, 11) is 1.69. The largest absolute Gasteiger partial charge is 0.508 e. The summed E-state index contributed by atoms with van der Waals surface area (Å²) in [5, 5.41) is 17.1. The summed E-state index contributed by atoms with van der Waals surface area (Å²) < 4.78 is 5.21. The maximum absolute atomic E-state index is 9.66. The van der Waals surface area contributed by atoms with Crippen molar-refractivity contribution in [3.63, 3.8) is 0 Å². The highest BCUT2D eigenvalue weighted by Crippen LogP contribution is 2.37. The third kappa shape index (κ3) is 5.42. The molecule has 0 aliphatic rings. The molecule has 0 aliphatic heterocycles. The van der Waals surface area contributed by atoms with Crippen LogP contribution in [0.3, 0.4) is 0 Å². The maximum Gasteiger partial charge on any atom is 0.227 e. The summed E-state index contributed by atoms with van der Waals surface area (Å²) in [6, 6.07) is 8.94. The van der Waals surface area contributed by atoms with Gasteiger partial charge in [0.1, 0.15) is 5.75 Å². The van der Waals surface area contributed by atoms with E-state index in [0.29, 0.717) is 18.5 Å². The van der Waals surface area contributed by atoms with Crippen LogP contribution in [0.15, 0.2) is 36.5 Å². The van der Waals surface area contributed by atoms with E-state index < -0.39 is 0 Å². The highest BCUT2D eigenvalue weighted by atomic mass is 32.1. The Kier molecular flexibility index (Phi) is 7.00. The van der Waals surface area contributed by atoms with Crippen LogP contribution in [0.25, 0.3) is 10.6 Å². The smallest absolute Gasteiger partial charge is 0.227 e. The lowest BCUT2D eigenvalue weighted by Gasteiger charge is -2.11. The van der Waals surface area contributed by atoms with Gasteiger partial charge >= 0.3 is 0 Å². The molecular formula is C21H27N5O2S. The van der Waals surface area contributed by atoms with Crippen molar-refractivity contribution in [2.45, 2.75) is 39.2 Å². The third-order valence-corrected chi connectivity index (χ3v) is 5.53. The molecule has 3 N–H and O–H groups in total. The number of hydrogen-bond acceptors (Lipinski definition) is 8. The summed E-state index contributed by atoms with van der Waals surface area (Å²) in [5.41, 5.74) is 2.58. The number of benzene rings is 1. The van der Waals surface area contributed by atoms with Gasteiger partial charge in [-0.25, -0.2) is 15.0 Å². The van der Waals surface area contributed by atoms with Gasteiger partial charge in [-0.15, -0.1) is 0 Å². The number of phenolic OH excluding ortho intramolecular Hbond substituents is 1. The molecule has 0 bridgehead atoms. The Labute approximate surface area is 175 Å². The average Bonchev–Trinajstić information content (AvgIpc) is 3.11. The van der Waals surface area contributed by atoms with Gasteiger partial charge < -0.3 is 20.5 Å². The van der Waals surface area contributed by atoms with Crippen LogP contribution < -0.4 is 10.6 Å². The molecule has 3 rings (SSSR count). The molecule has 2 unspecified atom stereocenters. The van der Waals surface area contributed by atoms with Crippen molar-refractivity contribution in [1.82, 2.24) is 15.0 Å². The summed E-state index contributed by atoms with van der Waals surface area (Å²) in [6.07, 6.45) is 2.72. The molecule has 0 saturated heterocycles. The van der Waals surface area contributed by atoms with E-state index >= 15 is 0 Å². The lowest BCUT2D eigenvalue weighted by Crippen LogP contribution is -2.20. The lowest BCUT2D eigenvalue weighted by atomic mass is 10.0. The van der Waals surface area contributed by atoms with Crippen LogP contribution in [-0.2, 0) is 4.74 Å². The first-order valence-corrected chi connectivity index (χ1v) is 10.5. The van der Waals surface area contributed by atoms with E-state index in [1.165, 1.54) is 0 Å². The van der Waals surface area contributed by atoms with E-state index in [2.05, 4.69) is 41.4 Å². The monoisotopic (exact) mass is 413 g/mol. The van der Waals surface area contributed by atoms with Crippen molar-refractivity contribution in [3.05, 3.63) is 42.2 Å². The number of methoxy groups -OCH3 is 1. The van der Waals surface area contributed by atoms with Crippen molar-refractivity contribution in [2.75, 3.05) is 24.4 Å². The van der Waals surface area contributed by atoms with Gasteiger partial charge in [-0.3, -0.25) is 0 Å². The number of thiazole rings is 1. The van der Waals surface area contributed by atoms with E-state index in [0.717, 1.165) is 33.5 Å². The summed E-state index contributed by atoms with van der Waals surface area (Å²) >= 11 is 1.59. The highest BCUT2D eigenvalue weighted by molar-refractivity contribution is 7.19. The van der Waals surface area contributed by atoms with Crippen LogP contribution in [0.4, 0.5) is 16.8 Å². The fourth-order valence-electron chi connectivity index (χ4n) is 2.87. The predicted octanol–water partition coefficient (Wildman–Crippen LogP) is 5.01. The minimum absolute atomic E-state index is 0.164. The molecule has 0 radical (unpaired) electrons. The van der Waals surface area contributed by atoms with Crippen LogP contribution in [0.5, 0.6) is 5.75 Å². The molecule has 0 amide bonds. The summed E-state index contributed by atoms with van der Waals surface area (Å²) in [6.45, 7) is 7.01. The Morgan fingerprint density at radius 3 is 2.76 bits per heavy atom. The number of anilines is 3. The fourth-order valence-corrected chi connectivity index (χ4v) is 4.03. The Morgan fingerprint density at radius 2 is 2.03 bits per heavy atom. The van der Waals surface area contributed by atoms with Crippen LogP contribution in [-0.4, -0.2) is 39.8 Å². The Morgan fingerprint density at radius 1 is 1.21 bits per heavy atom. The molecule has 7 nitrogen and oxygen atoms in total. The van der Waals surface area contributed by atoms with Gasteiger partial charge in [0, 0.05) is 31.1 Å². The average molecular weight is 414 g/mol. The van der Waals surface area contributed by atoms with Crippen molar-refractivity contribution in [2.24, 2.45) is 0 Å². The summed E-state index contributed by atoms with van der Waals surface area (Å²) in [5.74, 6) is 0.972. The van der Waals surface area contributed by atoms with E-state index in [1.54, 1.807) is 42.8 Å². The zero-order valence-electron chi connectivity index (χ0n) is 17.1. The lowest BCUT2D eigenvalue weighted by molar-refractivity contribution is 0.190. The Balaban J connectivity index is 1.91. The third-order valence-electron chi connectivity index (χ3n) is 4.51. The first-order valence-electron chi connectivity index (χ1n) is 9.65. The molecule has 0 spiro atoms. The number of aromatic hydroxyl groups is 1. The molecule has 1 aromatic carbocycles. The topological polar surface area (TPSA) is 92.2 Å². The second-order valence-electron chi connectivity index (χ2n) is 6.98. The summed E-state index contributed by atoms with van der Waals surface area (Å²) in [4.78, 5) is 14.9. The molecule has 154 valence electrons. The molecule has 3 aromatic rings. The minimum atomic E-state index is 0.164. The zero-order chi connectivity index (χ0) is 20.8. The highest BCUT2D eigenvalue weighted by Gasteiger charge is 2.20. The van der Waals surface area contributed by atoms with Crippen molar-refractivity contribution >= 4 is 28.1 Å². The van der Waals surface area contributed by atoms with E-state index in [1.807, 2.05) is 12.1 Å². The number of nitrogens with zero attached hydrogens (tertiary/aromatic N) is 3. The second-order valence-corrected chi connectivity index (χ2v) is 7.98. The molecule has 2 heterocycles. The maximum atomic E-state index is 9.66. The molecule has 2 aromatic heterocycles. The van der Waals surface area contributed by atoms with Crippen LogP contribution in [0.2, 0.25) is 0 Å². The van der Waals surface area contributed by atoms with E-state index in [4.69, 9.17) is 9.72 Å². The van der Waals surface area contributed by atoms with E-state index in [9.17, 15) is 5.11 Å². The van der Waals surface area contributed by atoms with Crippen molar-refractivity contribution in [3.8, 4) is 16.3 Å². The quantitative estimate of drug-likeness (QED) is 0.454. The van der Waals surface area contributed by atoms with Gasteiger partial charge in [0.2, 0.25) is 5.95 Å². The number of ether oxygens (including phenoxy) is 1. The van der Waals surface area contributed by atoms with Crippen LogP contribution in [0, 0.1) is 0 Å².